The molecule has 0 aliphatic carbocycles. The second-order valence-electron chi connectivity index (χ2n) is 9.59. The number of aryl methyl sites for hydroxylation is 1. The van der Waals surface area contributed by atoms with Crippen LogP contribution < -0.4 is 9.47 Å². The van der Waals surface area contributed by atoms with Gasteiger partial charge in [-0.1, -0.05) is 0 Å². The minimum absolute atomic E-state index is 0. The zero-order chi connectivity index (χ0) is 30.4. The molecule has 17 heteroatoms. The second-order valence-corrected chi connectivity index (χ2v) is 11.9. The molecule has 3 aromatic rings. The minimum Gasteiger partial charge on any atom is -0.494 e. The van der Waals surface area contributed by atoms with Gasteiger partial charge in [0.05, 0.1) is 24.7 Å². The van der Waals surface area contributed by atoms with Crippen LogP contribution in [0, 0.1) is 0 Å². The van der Waals surface area contributed by atoms with Crippen LogP contribution in [0.15, 0.2) is 53.4 Å². The summed E-state index contributed by atoms with van der Waals surface area (Å²) < 4.78 is 76.5. The van der Waals surface area contributed by atoms with E-state index in [1.807, 2.05) is 4.90 Å². The molecule has 0 saturated carbocycles. The number of tetrazole rings is 1. The van der Waals surface area contributed by atoms with E-state index < -0.39 is 26.9 Å². The van der Waals surface area contributed by atoms with Crippen molar-refractivity contribution < 1.29 is 45.7 Å². The van der Waals surface area contributed by atoms with Gasteiger partial charge in [-0.3, -0.25) is 4.79 Å². The van der Waals surface area contributed by atoms with E-state index in [0.29, 0.717) is 50.5 Å². The molecule has 2 aromatic carbocycles. The Morgan fingerprint density at radius 2 is 1.63 bits per heavy atom. The molecule has 4 rings (SSSR count). The van der Waals surface area contributed by atoms with Gasteiger partial charge in [-0.25, -0.2) is 8.42 Å². The van der Waals surface area contributed by atoms with Crippen LogP contribution in [-0.2, 0) is 25.9 Å². The number of nitrogens with zero attached hydrogens (tertiary/aromatic N) is 5. The molecule has 0 atom stereocenters. The maximum absolute atomic E-state index is 13.4. The van der Waals surface area contributed by atoms with Crippen molar-refractivity contribution in [3.63, 3.8) is 0 Å². The molecule has 0 radical (unpaired) electrons. The summed E-state index contributed by atoms with van der Waals surface area (Å²) in [5, 5.41) is 22.0. The number of carboxylic acids is 1. The third kappa shape index (κ3) is 8.34. The summed E-state index contributed by atoms with van der Waals surface area (Å²) in [6, 6.07) is 10.7. The molecule has 0 bridgehead atoms. The molecule has 0 spiro atoms. The lowest BCUT2D eigenvalue weighted by molar-refractivity contribution is -0.274. The van der Waals surface area contributed by atoms with Crippen molar-refractivity contribution in [1.29, 1.82) is 0 Å². The molecule has 2 heterocycles. The molecular weight excluding hydrogens is 619 g/mol. The summed E-state index contributed by atoms with van der Waals surface area (Å²) in [4.78, 5) is 15.4. The van der Waals surface area contributed by atoms with E-state index in [1.165, 1.54) is 41.2 Å². The Balaban J connectivity index is 0.00000506. The predicted molar refractivity (Wildman–Crippen MR) is 149 cm³/mol. The molecule has 236 valence electrons. The van der Waals surface area contributed by atoms with Crippen LogP contribution in [0.5, 0.6) is 11.5 Å². The van der Waals surface area contributed by atoms with Crippen LogP contribution in [0.2, 0.25) is 0 Å². The number of rotatable bonds is 13. The Morgan fingerprint density at radius 1 is 1.00 bits per heavy atom. The van der Waals surface area contributed by atoms with E-state index in [4.69, 9.17) is 9.47 Å². The number of alkyl halides is 3. The quantitative estimate of drug-likeness (QED) is 0.272. The van der Waals surface area contributed by atoms with Crippen molar-refractivity contribution in [2.24, 2.45) is 0 Å². The standard InChI is InChI=1S/C26H30F3N5O7S.ClH/c1-39-18-16-33-14-11-25(12-15-33,24(35)36)42(37,38)22-9-7-20(8-10-22)40-17-2-13-34-31-23(30-32-34)19-3-5-21(6-4-19)41-26(27,28)29;/h3-10H,2,11-18H2,1H3,(H,35,36);1H. The zero-order valence-electron chi connectivity index (χ0n) is 23.1. The number of aliphatic carboxylic acids is 1. The Morgan fingerprint density at radius 3 is 2.21 bits per heavy atom. The summed E-state index contributed by atoms with van der Waals surface area (Å²) >= 11 is 0. The highest BCUT2D eigenvalue weighted by Gasteiger charge is 2.53. The average molecular weight is 650 g/mol. The van der Waals surface area contributed by atoms with Gasteiger partial charge in [-0.05, 0) is 66.6 Å². The van der Waals surface area contributed by atoms with Crippen LogP contribution in [0.4, 0.5) is 13.2 Å². The molecule has 1 saturated heterocycles. The number of methoxy groups -OCH3 is 1. The first-order valence-corrected chi connectivity index (χ1v) is 14.5. The predicted octanol–water partition coefficient (Wildman–Crippen LogP) is 3.47. The number of halogens is 4. The Bertz CT molecular complexity index is 1450. The SMILES string of the molecule is COCCN1CCC(C(=O)O)(S(=O)(=O)c2ccc(OCCCn3nnc(-c4ccc(OC(F)(F)F)cc4)n3)cc2)CC1.Cl. The van der Waals surface area contributed by atoms with Gasteiger partial charge in [0.1, 0.15) is 11.5 Å². The summed E-state index contributed by atoms with van der Waals surface area (Å²) in [6.07, 6.45) is -4.36. The largest absolute Gasteiger partial charge is 0.573 e. The van der Waals surface area contributed by atoms with E-state index in [1.54, 1.807) is 7.11 Å². The van der Waals surface area contributed by atoms with Gasteiger partial charge in [0, 0.05) is 38.7 Å². The van der Waals surface area contributed by atoms with Crippen molar-refractivity contribution >= 4 is 28.2 Å². The molecular formula is C26H31ClF3N5O7S. The van der Waals surface area contributed by atoms with Gasteiger partial charge in [-0.15, -0.1) is 35.8 Å². The maximum atomic E-state index is 13.4. The fourth-order valence-electron chi connectivity index (χ4n) is 4.55. The van der Waals surface area contributed by atoms with Gasteiger partial charge in [0.25, 0.3) is 0 Å². The fourth-order valence-corrected chi connectivity index (χ4v) is 6.45. The van der Waals surface area contributed by atoms with Crippen LogP contribution in [0.3, 0.4) is 0 Å². The molecule has 12 nitrogen and oxygen atoms in total. The number of hydrogen-bond donors (Lipinski definition) is 1. The molecule has 1 aliphatic heterocycles. The number of piperidine rings is 1. The summed E-state index contributed by atoms with van der Waals surface area (Å²) in [6.45, 7) is 2.32. The smallest absolute Gasteiger partial charge is 0.494 e. The monoisotopic (exact) mass is 649 g/mol. The van der Waals surface area contributed by atoms with Crippen molar-refractivity contribution in [2.45, 2.75) is 41.8 Å². The number of ether oxygens (including phenoxy) is 3. The third-order valence-corrected chi connectivity index (χ3v) is 9.39. The second kappa shape index (κ2) is 14.3. The van der Waals surface area contributed by atoms with Gasteiger partial charge in [0.15, 0.2) is 14.6 Å². The Hall–Kier alpha value is -3.47. The molecule has 1 aromatic heterocycles. The zero-order valence-corrected chi connectivity index (χ0v) is 24.7. The number of carbonyl (C=O) groups is 1. The first-order valence-electron chi connectivity index (χ1n) is 13.0. The van der Waals surface area contributed by atoms with Crippen molar-refractivity contribution in [3.8, 4) is 22.9 Å². The molecule has 43 heavy (non-hydrogen) atoms. The highest BCUT2D eigenvalue weighted by atomic mass is 35.5. The van der Waals surface area contributed by atoms with Crippen LogP contribution in [0.25, 0.3) is 11.4 Å². The topological polar surface area (TPSA) is 146 Å². The van der Waals surface area contributed by atoms with Crippen molar-refractivity contribution in [1.82, 2.24) is 25.1 Å². The highest BCUT2D eigenvalue weighted by molar-refractivity contribution is 7.93. The maximum Gasteiger partial charge on any atom is 0.573 e. The van der Waals surface area contributed by atoms with Gasteiger partial charge < -0.3 is 24.2 Å². The van der Waals surface area contributed by atoms with E-state index in [9.17, 15) is 31.5 Å². The molecule has 1 fully saturated rings. The van der Waals surface area contributed by atoms with Gasteiger partial charge in [-0.2, -0.15) is 4.80 Å². The van der Waals surface area contributed by atoms with Crippen molar-refractivity contribution in [3.05, 3.63) is 48.5 Å². The lowest BCUT2D eigenvalue weighted by Crippen LogP contribution is -2.54. The number of carboxylic acid groups (broad SMARTS) is 1. The van der Waals surface area contributed by atoms with E-state index in [0.717, 1.165) is 12.1 Å². The van der Waals surface area contributed by atoms with E-state index >= 15 is 0 Å². The molecule has 1 aliphatic rings. The molecule has 0 unspecified atom stereocenters. The van der Waals surface area contributed by atoms with E-state index in [-0.39, 0.29) is 48.3 Å². The van der Waals surface area contributed by atoms with Gasteiger partial charge >= 0.3 is 12.3 Å². The number of hydrogen-bond acceptors (Lipinski definition) is 10. The van der Waals surface area contributed by atoms with Crippen LogP contribution in [-0.4, -0.2) is 95.7 Å². The lowest BCUT2D eigenvalue weighted by atomic mass is 9.96. The minimum atomic E-state index is -4.78. The normalized spacial score (nSPS) is 15.4. The van der Waals surface area contributed by atoms with Crippen LogP contribution in [0.1, 0.15) is 19.3 Å². The molecule has 1 N–H and O–H groups in total. The summed E-state index contributed by atoms with van der Waals surface area (Å²) in [5.41, 5.74) is 0.461. The first-order chi connectivity index (χ1) is 19.9. The number of likely N-dealkylation sites (tertiary alicyclic amines) is 1. The average Bonchev–Trinajstić information content (AvgIpc) is 3.43. The van der Waals surface area contributed by atoms with E-state index in [2.05, 4.69) is 20.1 Å². The fraction of sp³-hybridized carbons (Fsp3) is 0.462. The van der Waals surface area contributed by atoms with Crippen LogP contribution >= 0.6 is 12.4 Å². The first kappa shape index (κ1) is 34.0. The molecule has 0 amide bonds. The number of sulfone groups is 1. The van der Waals surface area contributed by atoms with Gasteiger partial charge in [0.2, 0.25) is 5.82 Å². The number of aromatic nitrogens is 4. The van der Waals surface area contributed by atoms with Crippen molar-refractivity contribution in [2.75, 3.05) is 40.0 Å². The number of benzene rings is 2. The highest BCUT2D eigenvalue weighted by Crippen LogP contribution is 2.36. The third-order valence-electron chi connectivity index (χ3n) is 6.88. The summed E-state index contributed by atoms with van der Waals surface area (Å²) in [7, 11) is -2.60. The summed E-state index contributed by atoms with van der Waals surface area (Å²) in [5.74, 6) is -1.08. The Kier molecular flexibility index (Phi) is 11.3. The lowest BCUT2D eigenvalue weighted by Gasteiger charge is -2.38. The Labute approximate surface area is 252 Å².